The molecular weight excluding hydrogens is 312 g/mol. The van der Waals surface area contributed by atoms with Crippen LogP contribution in [0.3, 0.4) is 0 Å². The molecule has 1 fully saturated rings. The fourth-order valence-corrected chi connectivity index (χ4v) is 3.32. The van der Waals surface area contributed by atoms with Gasteiger partial charge in [0, 0.05) is 17.3 Å². The van der Waals surface area contributed by atoms with Crippen LogP contribution in [-0.4, -0.2) is 20.4 Å². The molecule has 1 saturated carbocycles. The van der Waals surface area contributed by atoms with Crippen molar-refractivity contribution in [2.24, 2.45) is 0 Å². The Kier molecular flexibility index (Phi) is 4.09. The molecule has 120 valence electrons. The maximum absolute atomic E-state index is 12.5. The highest BCUT2D eigenvalue weighted by Crippen LogP contribution is 2.21. The molecule has 0 unspecified atom stereocenters. The summed E-state index contributed by atoms with van der Waals surface area (Å²) in [5.41, 5.74) is 1.81. The van der Waals surface area contributed by atoms with Gasteiger partial charge in [-0.2, -0.15) is 0 Å². The minimum atomic E-state index is -3.73. The predicted octanol–water partition coefficient (Wildman–Crippen LogP) is 2.69. The van der Waals surface area contributed by atoms with E-state index in [1.165, 1.54) is 12.1 Å². The van der Waals surface area contributed by atoms with Crippen molar-refractivity contribution in [1.29, 1.82) is 0 Å². The van der Waals surface area contributed by atoms with Crippen LogP contribution in [-0.2, 0) is 10.0 Å². The second-order valence-corrected chi connectivity index (χ2v) is 7.43. The Morgan fingerprint density at radius 1 is 1.09 bits per heavy atom. The molecule has 0 aromatic heterocycles. The lowest BCUT2D eigenvalue weighted by molar-refractivity contribution is 0.0951. The van der Waals surface area contributed by atoms with E-state index in [-0.39, 0.29) is 16.8 Å². The molecule has 2 N–H and O–H groups in total. The fourth-order valence-electron chi connectivity index (χ4n) is 2.22. The molecule has 23 heavy (non-hydrogen) atoms. The Morgan fingerprint density at radius 2 is 1.83 bits per heavy atom. The maximum Gasteiger partial charge on any atom is 0.261 e. The number of carbonyl (C=O) groups is 1. The van der Waals surface area contributed by atoms with Crippen LogP contribution in [0.4, 0.5) is 5.69 Å². The van der Waals surface area contributed by atoms with E-state index in [0.717, 1.165) is 18.4 Å². The maximum atomic E-state index is 12.5. The molecule has 2 aromatic carbocycles. The predicted molar refractivity (Wildman–Crippen MR) is 88.9 cm³/mol. The molecule has 0 saturated heterocycles. The Morgan fingerprint density at radius 3 is 2.52 bits per heavy atom. The van der Waals surface area contributed by atoms with Gasteiger partial charge in [0.1, 0.15) is 0 Å². The molecule has 0 spiro atoms. The van der Waals surface area contributed by atoms with E-state index in [4.69, 9.17) is 0 Å². The lowest BCUT2D eigenvalue weighted by Gasteiger charge is -2.10. The van der Waals surface area contributed by atoms with Crippen LogP contribution in [0.1, 0.15) is 28.8 Å². The number of rotatable bonds is 5. The van der Waals surface area contributed by atoms with Gasteiger partial charge >= 0.3 is 0 Å². The van der Waals surface area contributed by atoms with Crippen molar-refractivity contribution < 1.29 is 13.2 Å². The first-order valence-electron chi connectivity index (χ1n) is 7.44. The van der Waals surface area contributed by atoms with Crippen molar-refractivity contribution in [2.75, 3.05) is 4.72 Å². The van der Waals surface area contributed by atoms with Crippen molar-refractivity contribution in [1.82, 2.24) is 5.32 Å². The first-order chi connectivity index (χ1) is 10.9. The summed E-state index contributed by atoms with van der Waals surface area (Å²) in [5, 5.41) is 2.85. The number of carbonyl (C=O) groups excluding carboxylic acids is 1. The van der Waals surface area contributed by atoms with E-state index in [1.807, 2.05) is 13.0 Å². The summed E-state index contributed by atoms with van der Waals surface area (Å²) in [5.74, 6) is -0.236. The summed E-state index contributed by atoms with van der Waals surface area (Å²) in [6.45, 7) is 1.89. The van der Waals surface area contributed by atoms with Crippen LogP contribution in [0, 0.1) is 6.92 Å². The van der Waals surface area contributed by atoms with Crippen LogP contribution >= 0.6 is 0 Å². The minimum Gasteiger partial charge on any atom is -0.349 e. The molecule has 1 amide bonds. The third-order valence-electron chi connectivity index (χ3n) is 3.59. The van der Waals surface area contributed by atoms with E-state index in [2.05, 4.69) is 10.0 Å². The van der Waals surface area contributed by atoms with Gasteiger partial charge in [0.2, 0.25) is 0 Å². The molecule has 0 bridgehead atoms. The number of hydrogen-bond donors (Lipinski definition) is 2. The normalized spacial score (nSPS) is 14.3. The first-order valence-corrected chi connectivity index (χ1v) is 8.93. The van der Waals surface area contributed by atoms with Gasteiger partial charge in [0.15, 0.2) is 0 Å². The number of amides is 1. The highest BCUT2D eigenvalue weighted by molar-refractivity contribution is 7.92. The van der Waals surface area contributed by atoms with Crippen molar-refractivity contribution in [3.05, 3.63) is 59.7 Å². The van der Waals surface area contributed by atoms with Crippen molar-refractivity contribution in [3.63, 3.8) is 0 Å². The highest BCUT2D eigenvalue weighted by atomic mass is 32.2. The fraction of sp³-hybridized carbons (Fsp3) is 0.235. The Bertz CT molecular complexity index is 842. The number of aryl methyl sites for hydroxylation is 1. The SMILES string of the molecule is Cc1cccc(NS(=O)(=O)c2cccc(C(=O)NC3CC3)c2)c1. The molecule has 0 aliphatic heterocycles. The lowest BCUT2D eigenvalue weighted by Crippen LogP contribution is -2.25. The Balaban J connectivity index is 1.83. The second kappa shape index (κ2) is 6.04. The van der Waals surface area contributed by atoms with Crippen LogP contribution in [0.15, 0.2) is 53.4 Å². The molecular formula is C17H18N2O3S. The third kappa shape index (κ3) is 3.90. The average Bonchev–Trinajstić information content (AvgIpc) is 3.31. The van der Waals surface area contributed by atoms with Gasteiger partial charge in [0.25, 0.3) is 15.9 Å². The smallest absolute Gasteiger partial charge is 0.261 e. The molecule has 6 heteroatoms. The van der Waals surface area contributed by atoms with Gasteiger partial charge in [-0.25, -0.2) is 8.42 Å². The van der Waals surface area contributed by atoms with E-state index < -0.39 is 10.0 Å². The monoisotopic (exact) mass is 330 g/mol. The van der Waals surface area contributed by atoms with Crippen LogP contribution in [0.2, 0.25) is 0 Å². The van der Waals surface area contributed by atoms with Gasteiger partial charge in [-0.15, -0.1) is 0 Å². The lowest BCUT2D eigenvalue weighted by atomic mass is 10.2. The number of sulfonamides is 1. The zero-order valence-corrected chi connectivity index (χ0v) is 13.6. The third-order valence-corrected chi connectivity index (χ3v) is 4.97. The van der Waals surface area contributed by atoms with Crippen LogP contribution in [0.25, 0.3) is 0 Å². The number of anilines is 1. The van der Waals surface area contributed by atoms with E-state index >= 15 is 0 Å². The van der Waals surface area contributed by atoms with Crippen molar-refractivity contribution >= 4 is 21.6 Å². The first kappa shape index (κ1) is 15.6. The van der Waals surface area contributed by atoms with E-state index in [9.17, 15) is 13.2 Å². The Labute approximate surface area is 135 Å². The summed E-state index contributed by atoms with van der Waals surface area (Å²) in [4.78, 5) is 12.1. The second-order valence-electron chi connectivity index (χ2n) is 5.75. The quantitative estimate of drug-likeness (QED) is 0.885. The van der Waals surface area contributed by atoms with Gasteiger partial charge in [0.05, 0.1) is 4.90 Å². The minimum absolute atomic E-state index is 0.0717. The standard InChI is InChI=1S/C17H18N2O3S/c1-12-4-2-6-15(10-12)19-23(21,22)16-7-3-5-13(11-16)17(20)18-14-8-9-14/h2-7,10-11,14,19H,8-9H2,1H3,(H,18,20). The summed E-state index contributed by atoms with van der Waals surface area (Å²) in [6, 6.07) is 13.4. The zero-order valence-electron chi connectivity index (χ0n) is 12.7. The molecule has 1 aliphatic carbocycles. The number of benzene rings is 2. The van der Waals surface area contributed by atoms with Crippen LogP contribution in [0.5, 0.6) is 0 Å². The van der Waals surface area contributed by atoms with Gasteiger partial charge < -0.3 is 5.32 Å². The Hall–Kier alpha value is -2.34. The average molecular weight is 330 g/mol. The molecule has 5 nitrogen and oxygen atoms in total. The molecule has 3 rings (SSSR count). The van der Waals surface area contributed by atoms with Crippen LogP contribution < -0.4 is 10.0 Å². The van der Waals surface area contributed by atoms with Crippen molar-refractivity contribution in [3.8, 4) is 0 Å². The van der Waals surface area contributed by atoms with E-state index in [1.54, 1.807) is 30.3 Å². The summed E-state index contributed by atoms with van der Waals surface area (Å²) < 4.78 is 27.5. The molecule has 2 aromatic rings. The molecule has 0 heterocycles. The zero-order chi connectivity index (χ0) is 16.4. The molecule has 0 atom stereocenters. The number of hydrogen-bond acceptors (Lipinski definition) is 3. The summed E-state index contributed by atoms with van der Waals surface area (Å²) in [6.07, 6.45) is 1.97. The largest absolute Gasteiger partial charge is 0.349 e. The van der Waals surface area contributed by atoms with E-state index in [0.29, 0.717) is 11.3 Å². The highest BCUT2D eigenvalue weighted by Gasteiger charge is 2.24. The topological polar surface area (TPSA) is 75.3 Å². The van der Waals surface area contributed by atoms with Gasteiger partial charge in [-0.1, -0.05) is 18.2 Å². The molecule has 1 aliphatic rings. The number of nitrogens with one attached hydrogen (secondary N) is 2. The summed E-state index contributed by atoms with van der Waals surface area (Å²) >= 11 is 0. The van der Waals surface area contributed by atoms with Gasteiger partial charge in [-0.05, 0) is 55.7 Å². The van der Waals surface area contributed by atoms with Gasteiger partial charge in [-0.3, -0.25) is 9.52 Å². The molecule has 0 radical (unpaired) electrons. The summed E-state index contributed by atoms with van der Waals surface area (Å²) in [7, 11) is -3.73. The van der Waals surface area contributed by atoms with Crippen molar-refractivity contribution in [2.45, 2.75) is 30.7 Å².